The molecule has 0 amide bonds. The van der Waals surface area contributed by atoms with Crippen LogP contribution < -0.4 is 9.64 Å². The number of ether oxygens (including phenoxy) is 2. The normalized spacial score (nSPS) is 16.6. The van der Waals surface area contributed by atoms with Gasteiger partial charge in [0.15, 0.2) is 0 Å². The first kappa shape index (κ1) is 23.1. The lowest BCUT2D eigenvalue weighted by Crippen LogP contribution is -2.38. The van der Waals surface area contributed by atoms with Crippen LogP contribution in [0, 0.1) is 20.8 Å². The highest BCUT2D eigenvalue weighted by atomic mass is 16.5. The predicted molar refractivity (Wildman–Crippen MR) is 129 cm³/mol. The van der Waals surface area contributed by atoms with Gasteiger partial charge in [0, 0.05) is 63.4 Å². The SMILES string of the molecule is COc1cc(C)c(CN2CCO[C@@H](c3nc(N(C)C)ncc3-c3cncnc3)C2)c(C)c1C. The monoisotopic (exact) mass is 448 g/mol. The van der Waals surface area contributed by atoms with Gasteiger partial charge in [-0.3, -0.25) is 4.90 Å². The van der Waals surface area contributed by atoms with Gasteiger partial charge in [-0.25, -0.2) is 19.9 Å². The van der Waals surface area contributed by atoms with Crippen LogP contribution in [0.5, 0.6) is 5.75 Å². The fourth-order valence-corrected chi connectivity index (χ4v) is 4.30. The lowest BCUT2D eigenvalue weighted by molar-refractivity contribution is -0.0348. The van der Waals surface area contributed by atoms with Crippen molar-refractivity contribution in [2.75, 3.05) is 45.8 Å². The van der Waals surface area contributed by atoms with E-state index >= 15 is 0 Å². The second kappa shape index (κ2) is 9.80. The molecule has 0 saturated carbocycles. The Morgan fingerprint density at radius 1 is 1.12 bits per heavy atom. The number of aryl methyl sites for hydroxylation is 1. The summed E-state index contributed by atoms with van der Waals surface area (Å²) in [5, 5.41) is 0. The van der Waals surface area contributed by atoms with E-state index in [1.807, 2.05) is 25.2 Å². The molecule has 1 aliphatic rings. The van der Waals surface area contributed by atoms with Gasteiger partial charge in [-0.05, 0) is 49.1 Å². The van der Waals surface area contributed by atoms with E-state index in [-0.39, 0.29) is 6.10 Å². The highest BCUT2D eigenvalue weighted by molar-refractivity contribution is 5.64. The molecule has 0 N–H and O–H groups in total. The van der Waals surface area contributed by atoms with Crippen molar-refractivity contribution in [1.82, 2.24) is 24.8 Å². The van der Waals surface area contributed by atoms with Gasteiger partial charge in [-0.15, -0.1) is 0 Å². The van der Waals surface area contributed by atoms with Crippen LogP contribution in [0.1, 0.15) is 34.1 Å². The summed E-state index contributed by atoms with van der Waals surface area (Å²) in [4.78, 5) is 22.1. The van der Waals surface area contributed by atoms with Crippen LogP contribution in [0.3, 0.4) is 0 Å². The highest BCUT2D eigenvalue weighted by Gasteiger charge is 2.28. The Bertz CT molecular complexity index is 1120. The van der Waals surface area contributed by atoms with Crippen molar-refractivity contribution >= 4 is 5.95 Å². The second-order valence-electron chi connectivity index (χ2n) is 8.71. The topological polar surface area (TPSA) is 76.5 Å². The first-order valence-electron chi connectivity index (χ1n) is 11.2. The molecule has 174 valence electrons. The Morgan fingerprint density at radius 2 is 1.88 bits per heavy atom. The minimum atomic E-state index is -0.171. The molecule has 3 heterocycles. The Labute approximate surface area is 195 Å². The summed E-state index contributed by atoms with van der Waals surface area (Å²) in [5.41, 5.74) is 7.73. The van der Waals surface area contributed by atoms with E-state index < -0.39 is 0 Å². The quantitative estimate of drug-likeness (QED) is 0.567. The molecular weight excluding hydrogens is 416 g/mol. The van der Waals surface area contributed by atoms with Crippen LogP contribution in [0.2, 0.25) is 0 Å². The van der Waals surface area contributed by atoms with Gasteiger partial charge in [-0.1, -0.05) is 0 Å². The number of rotatable bonds is 6. The molecule has 3 aromatic rings. The summed E-state index contributed by atoms with van der Waals surface area (Å²) in [6.07, 6.45) is 6.78. The summed E-state index contributed by atoms with van der Waals surface area (Å²) >= 11 is 0. The third-order valence-corrected chi connectivity index (χ3v) is 6.34. The van der Waals surface area contributed by atoms with Crippen molar-refractivity contribution in [1.29, 1.82) is 0 Å². The van der Waals surface area contributed by atoms with Crippen LogP contribution in [0.4, 0.5) is 5.95 Å². The number of benzene rings is 1. The number of nitrogens with zero attached hydrogens (tertiary/aromatic N) is 6. The molecule has 0 radical (unpaired) electrons. The summed E-state index contributed by atoms with van der Waals surface area (Å²) in [6, 6.07) is 2.14. The predicted octanol–water partition coefficient (Wildman–Crippen LogP) is 3.51. The van der Waals surface area contributed by atoms with Crippen molar-refractivity contribution in [2.45, 2.75) is 33.4 Å². The van der Waals surface area contributed by atoms with E-state index in [0.717, 1.165) is 42.2 Å². The molecule has 2 aromatic heterocycles. The lowest BCUT2D eigenvalue weighted by Gasteiger charge is -2.34. The lowest BCUT2D eigenvalue weighted by atomic mass is 9.96. The molecule has 4 rings (SSSR count). The molecule has 1 aliphatic heterocycles. The van der Waals surface area contributed by atoms with Crippen molar-refractivity contribution < 1.29 is 9.47 Å². The third kappa shape index (κ3) is 4.82. The van der Waals surface area contributed by atoms with Crippen LogP contribution in [-0.2, 0) is 11.3 Å². The van der Waals surface area contributed by atoms with Gasteiger partial charge in [0.2, 0.25) is 5.95 Å². The average molecular weight is 449 g/mol. The minimum Gasteiger partial charge on any atom is -0.496 e. The van der Waals surface area contributed by atoms with Gasteiger partial charge in [0.1, 0.15) is 18.2 Å². The zero-order valence-corrected chi connectivity index (χ0v) is 20.3. The average Bonchev–Trinajstić information content (AvgIpc) is 2.84. The van der Waals surface area contributed by atoms with Gasteiger partial charge in [0.25, 0.3) is 0 Å². The molecule has 8 nitrogen and oxygen atoms in total. The largest absolute Gasteiger partial charge is 0.496 e. The third-order valence-electron chi connectivity index (χ3n) is 6.34. The maximum absolute atomic E-state index is 6.24. The molecule has 1 atom stereocenters. The molecule has 0 spiro atoms. The number of anilines is 1. The molecule has 8 heteroatoms. The first-order valence-corrected chi connectivity index (χ1v) is 11.2. The van der Waals surface area contributed by atoms with E-state index in [0.29, 0.717) is 12.6 Å². The van der Waals surface area contributed by atoms with Crippen LogP contribution in [-0.4, -0.2) is 65.7 Å². The van der Waals surface area contributed by atoms with Crippen LogP contribution in [0.15, 0.2) is 31.0 Å². The van der Waals surface area contributed by atoms with Gasteiger partial charge in [-0.2, -0.15) is 0 Å². The van der Waals surface area contributed by atoms with Gasteiger partial charge < -0.3 is 14.4 Å². The molecule has 1 saturated heterocycles. The van der Waals surface area contributed by atoms with E-state index in [4.69, 9.17) is 14.5 Å². The first-order chi connectivity index (χ1) is 15.9. The fraction of sp³-hybridized carbons (Fsp3) is 0.440. The fourth-order valence-electron chi connectivity index (χ4n) is 4.30. The zero-order valence-electron chi connectivity index (χ0n) is 20.3. The van der Waals surface area contributed by atoms with Crippen LogP contribution in [0.25, 0.3) is 11.1 Å². The summed E-state index contributed by atoms with van der Waals surface area (Å²) < 4.78 is 11.8. The molecule has 1 fully saturated rings. The molecule has 1 aromatic carbocycles. The maximum atomic E-state index is 6.24. The van der Waals surface area contributed by atoms with Crippen LogP contribution >= 0.6 is 0 Å². The minimum absolute atomic E-state index is 0.171. The van der Waals surface area contributed by atoms with E-state index in [1.54, 1.807) is 19.5 Å². The van der Waals surface area contributed by atoms with Crippen molar-refractivity contribution in [3.8, 4) is 16.9 Å². The Hall–Kier alpha value is -3.10. The van der Waals surface area contributed by atoms with Gasteiger partial charge in [0.05, 0.1) is 19.4 Å². The molecule has 0 aliphatic carbocycles. The highest BCUT2D eigenvalue weighted by Crippen LogP contribution is 2.33. The number of methoxy groups -OCH3 is 1. The maximum Gasteiger partial charge on any atom is 0.225 e. The van der Waals surface area contributed by atoms with E-state index in [1.165, 1.54) is 28.6 Å². The molecule has 0 bridgehead atoms. The Balaban J connectivity index is 1.64. The molecular formula is C25H32N6O2. The van der Waals surface area contributed by atoms with E-state index in [2.05, 4.69) is 46.7 Å². The number of aromatic nitrogens is 4. The number of hydrogen-bond donors (Lipinski definition) is 0. The van der Waals surface area contributed by atoms with Crippen molar-refractivity contribution in [2.24, 2.45) is 0 Å². The summed E-state index contributed by atoms with van der Waals surface area (Å²) in [7, 11) is 5.61. The Kier molecular flexibility index (Phi) is 6.85. The molecule has 0 unspecified atom stereocenters. The van der Waals surface area contributed by atoms with Crippen molar-refractivity contribution in [3.05, 3.63) is 58.9 Å². The Morgan fingerprint density at radius 3 is 2.58 bits per heavy atom. The van der Waals surface area contributed by atoms with E-state index in [9.17, 15) is 0 Å². The second-order valence-corrected chi connectivity index (χ2v) is 8.71. The number of hydrogen-bond acceptors (Lipinski definition) is 8. The summed E-state index contributed by atoms with van der Waals surface area (Å²) in [5.74, 6) is 1.60. The standard InChI is InChI=1S/C25H32N6O2/c1-16-9-22(32-6)18(3)17(2)21(16)13-31-7-8-33-23(14-31)24-20(19-10-26-15-27-11-19)12-28-25(29-24)30(4)5/h9-12,15,23H,7-8,13-14H2,1-6H3/t23-/m1/s1. The summed E-state index contributed by atoms with van der Waals surface area (Å²) in [6.45, 7) is 9.58. The smallest absolute Gasteiger partial charge is 0.225 e. The molecule has 33 heavy (non-hydrogen) atoms. The zero-order chi connectivity index (χ0) is 23.5. The van der Waals surface area contributed by atoms with Crippen molar-refractivity contribution in [3.63, 3.8) is 0 Å². The number of morpholine rings is 1. The van der Waals surface area contributed by atoms with Gasteiger partial charge >= 0.3 is 0 Å².